The van der Waals surface area contributed by atoms with Crippen molar-refractivity contribution in [3.8, 4) is 11.4 Å². The first kappa shape index (κ1) is 18.6. The molecule has 0 bridgehead atoms. The van der Waals surface area contributed by atoms with Gasteiger partial charge >= 0.3 is 0 Å². The molecule has 5 rings (SSSR count). The third-order valence-corrected chi connectivity index (χ3v) is 6.39. The van der Waals surface area contributed by atoms with E-state index in [1.54, 1.807) is 6.33 Å². The number of hydrogen-bond donors (Lipinski definition) is 0. The number of aryl methyl sites for hydroxylation is 2. The Balaban J connectivity index is 1.46. The predicted molar refractivity (Wildman–Crippen MR) is 114 cm³/mol. The lowest BCUT2D eigenvalue weighted by atomic mass is 9.93. The number of piperidine rings is 1. The molecule has 0 amide bonds. The van der Waals surface area contributed by atoms with Crippen LogP contribution in [0, 0.1) is 0 Å². The van der Waals surface area contributed by atoms with Gasteiger partial charge in [0, 0.05) is 47.9 Å². The third kappa shape index (κ3) is 3.62. The largest absolute Gasteiger partial charge is 0.356 e. The number of rotatable bonds is 3. The van der Waals surface area contributed by atoms with Crippen molar-refractivity contribution in [1.29, 1.82) is 0 Å². The van der Waals surface area contributed by atoms with Crippen LogP contribution in [0.25, 0.3) is 11.4 Å². The van der Waals surface area contributed by atoms with Crippen molar-refractivity contribution in [1.82, 2.24) is 24.7 Å². The molecule has 0 unspecified atom stereocenters. The maximum atomic E-state index is 6.23. The lowest BCUT2D eigenvalue weighted by Gasteiger charge is -2.34. The van der Waals surface area contributed by atoms with E-state index in [0.29, 0.717) is 5.92 Å². The Labute approximate surface area is 176 Å². The summed E-state index contributed by atoms with van der Waals surface area (Å²) < 4.78 is 2.05. The van der Waals surface area contributed by atoms with E-state index in [4.69, 9.17) is 21.6 Å². The number of aromatic nitrogens is 5. The summed E-state index contributed by atoms with van der Waals surface area (Å²) in [6.45, 7) is 1.96. The molecule has 1 fully saturated rings. The molecule has 1 aliphatic carbocycles. The summed E-state index contributed by atoms with van der Waals surface area (Å²) >= 11 is 6.23. The molecule has 1 aliphatic heterocycles. The average Bonchev–Trinajstić information content (AvgIpc) is 3.19. The van der Waals surface area contributed by atoms with Crippen molar-refractivity contribution in [2.75, 3.05) is 18.0 Å². The molecule has 3 heterocycles. The summed E-state index contributed by atoms with van der Waals surface area (Å²) in [4.78, 5) is 12.4. The van der Waals surface area contributed by atoms with Gasteiger partial charge in [0.05, 0.1) is 0 Å². The molecule has 0 N–H and O–H groups in total. The van der Waals surface area contributed by atoms with Crippen LogP contribution in [0.15, 0.2) is 30.6 Å². The molecule has 0 saturated carbocycles. The minimum Gasteiger partial charge on any atom is -0.356 e. The molecule has 1 aromatic carbocycles. The van der Waals surface area contributed by atoms with E-state index in [1.165, 1.54) is 24.1 Å². The molecule has 150 valence electrons. The topological polar surface area (TPSA) is 59.7 Å². The second-order valence-electron chi connectivity index (χ2n) is 8.07. The van der Waals surface area contributed by atoms with Gasteiger partial charge in [0.25, 0.3) is 0 Å². The first-order chi connectivity index (χ1) is 14.2. The quantitative estimate of drug-likeness (QED) is 0.650. The standard InChI is InChI=1S/C22H25ClN6/c1-28-14-24-27-21(28)15-9-11-29(12-10-15)22-18-7-2-3-8-19(18)25-20(26-22)16-5-4-6-17(23)13-16/h4-6,13-15H,2-3,7-12H2,1H3. The lowest BCUT2D eigenvalue weighted by Crippen LogP contribution is -2.35. The summed E-state index contributed by atoms with van der Waals surface area (Å²) in [6, 6.07) is 7.85. The Morgan fingerprint density at radius 1 is 1.07 bits per heavy atom. The van der Waals surface area contributed by atoms with E-state index in [0.717, 1.165) is 66.8 Å². The van der Waals surface area contributed by atoms with Crippen molar-refractivity contribution in [2.45, 2.75) is 44.4 Å². The van der Waals surface area contributed by atoms with Gasteiger partial charge in [0.2, 0.25) is 0 Å². The summed E-state index contributed by atoms with van der Waals surface area (Å²) in [6.07, 6.45) is 8.45. The second-order valence-corrected chi connectivity index (χ2v) is 8.51. The first-order valence-electron chi connectivity index (χ1n) is 10.4. The maximum absolute atomic E-state index is 6.23. The van der Waals surface area contributed by atoms with E-state index < -0.39 is 0 Å². The Bertz CT molecular complexity index is 1020. The van der Waals surface area contributed by atoms with Gasteiger partial charge < -0.3 is 9.47 Å². The lowest BCUT2D eigenvalue weighted by molar-refractivity contribution is 0.470. The van der Waals surface area contributed by atoms with Crippen molar-refractivity contribution >= 4 is 17.4 Å². The molecular formula is C22H25ClN6. The number of nitrogens with zero attached hydrogens (tertiary/aromatic N) is 6. The summed E-state index contributed by atoms with van der Waals surface area (Å²) in [5.41, 5.74) is 3.55. The van der Waals surface area contributed by atoms with Crippen LogP contribution >= 0.6 is 11.6 Å². The van der Waals surface area contributed by atoms with Gasteiger partial charge in [-0.3, -0.25) is 0 Å². The maximum Gasteiger partial charge on any atom is 0.161 e. The van der Waals surface area contributed by atoms with Crippen LogP contribution in [0.5, 0.6) is 0 Å². The van der Waals surface area contributed by atoms with Crippen LogP contribution in [0.3, 0.4) is 0 Å². The third-order valence-electron chi connectivity index (χ3n) is 6.15. The van der Waals surface area contributed by atoms with Crippen molar-refractivity contribution in [3.05, 3.63) is 52.7 Å². The SMILES string of the molecule is Cn1cnnc1C1CCN(c2nc(-c3cccc(Cl)c3)nc3c2CCCC3)CC1. The Morgan fingerprint density at radius 2 is 1.90 bits per heavy atom. The smallest absolute Gasteiger partial charge is 0.161 e. The fourth-order valence-electron chi connectivity index (χ4n) is 4.60. The number of benzene rings is 1. The van der Waals surface area contributed by atoms with Crippen LogP contribution in [0.1, 0.15) is 48.7 Å². The number of hydrogen-bond acceptors (Lipinski definition) is 5. The number of fused-ring (bicyclic) bond motifs is 1. The van der Waals surface area contributed by atoms with Gasteiger partial charge in [-0.25, -0.2) is 9.97 Å². The van der Waals surface area contributed by atoms with Crippen LogP contribution in [0.2, 0.25) is 5.02 Å². The summed E-state index contributed by atoms with van der Waals surface area (Å²) in [7, 11) is 2.03. The molecule has 2 aliphatic rings. The van der Waals surface area contributed by atoms with Gasteiger partial charge in [0.1, 0.15) is 18.0 Å². The molecule has 1 saturated heterocycles. The zero-order valence-electron chi connectivity index (χ0n) is 16.7. The minimum absolute atomic E-state index is 0.462. The highest BCUT2D eigenvalue weighted by molar-refractivity contribution is 6.30. The number of halogens is 1. The first-order valence-corrected chi connectivity index (χ1v) is 10.8. The van der Waals surface area contributed by atoms with Crippen molar-refractivity contribution < 1.29 is 0 Å². The van der Waals surface area contributed by atoms with E-state index in [2.05, 4.69) is 15.1 Å². The number of anilines is 1. The molecule has 0 spiro atoms. The highest BCUT2D eigenvalue weighted by atomic mass is 35.5. The van der Waals surface area contributed by atoms with Crippen LogP contribution in [-0.4, -0.2) is 37.8 Å². The normalized spacial score (nSPS) is 17.4. The molecule has 6 nitrogen and oxygen atoms in total. The van der Waals surface area contributed by atoms with Gasteiger partial charge in [-0.1, -0.05) is 23.7 Å². The van der Waals surface area contributed by atoms with Gasteiger partial charge in [-0.05, 0) is 50.7 Å². The monoisotopic (exact) mass is 408 g/mol. The molecule has 0 radical (unpaired) electrons. The fourth-order valence-corrected chi connectivity index (χ4v) is 4.79. The zero-order chi connectivity index (χ0) is 19.8. The fraction of sp³-hybridized carbons (Fsp3) is 0.455. The minimum atomic E-state index is 0.462. The van der Waals surface area contributed by atoms with Crippen LogP contribution < -0.4 is 4.90 Å². The van der Waals surface area contributed by atoms with E-state index in [1.807, 2.05) is 35.9 Å². The molecule has 29 heavy (non-hydrogen) atoms. The van der Waals surface area contributed by atoms with Crippen molar-refractivity contribution in [2.24, 2.45) is 7.05 Å². The predicted octanol–water partition coefficient (Wildman–Crippen LogP) is 4.19. The van der Waals surface area contributed by atoms with Crippen LogP contribution in [0.4, 0.5) is 5.82 Å². The highest BCUT2D eigenvalue weighted by Crippen LogP contribution is 2.34. The van der Waals surface area contributed by atoms with Gasteiger partial charge in [-0.15, -0.1) is 10.2 Å². The molecule has 7 heteroatoms. The van der Waals surface area contributed by atoms with Crippen LogP contribution in [-0.2, 0) is 19.9 Å². The highest BCUT2D eigenvalue weighted by Gasteiger charge is 2.28. The second kappa shape index (κ2) is 7.75. The van der Waals surface area contributed by atoms with E-state index >= 15 is 0 Å². The van der Waals surface area contributed by atoms with E-state index in [-0.39, 0.29) is 0 Å². The summed E-state index contributed by atoms with van der Waals surface area (Å²) in [5.74, 6) is 3.47. The average molecular weight is 409 g/mol. The molecular weight excluding hydrogens is 384 g/mol. The Morgan fingerprint density at radius 3 is 2.66 bits per heavy atom. The van der Waals surface area contributed by atoms with E-state index in [9.17, 15) is 0 Å². The summed E-state index contributed by atoms with van der Waals surface area (Å²) in [5, 5.41) is 9.10. The Hall–Kier alpha value is -2.47. The molecule has 0 atom stereocenters. The van der Waals surface area contributed by atoms with Gasteiger partial charge in [-0.2, -0.15) is 0 Å². The molecule has 3 aromatic rings. The van der Waals surface area contributed by atoms with Gasteiger partial charge in [0.15, 0.2) is 5.82 Å². The Kier molecular flexibility index (Phi) is 4.96. The van der Waals surface area contributed by atoms with Crippen molar-refractivity contribution in [3.63, 3.8) is 0 Å². The zero-order valence-corrected chi connectivity index (χ0v) is 17.4. The molecule has 2 aromatic heterocycles.